The zero-order valence-corrected chi connectivity index (χ0v) is 12.1. The smallest absolute Gasteiger partial charge is 0.134 e. The van der Waals surface area contributed by atoms with Crippen molar-refractivity contribution in [1.29, 1.82) is 0 Å². The molecule has 0 unspecified atom stereocenters. The van der Waals surface area contributed by atoms with Crippen LogP contribution in [0.25, 0.3) is 12.2 Å². The number of halogens is 1. The molecule has 0 spiro atoms. The summed E-state index contributed by atoms with van der Waals surface area (Å²) in [6.45, 7) is 1.56. The standard InChI is InChI=1S/C18H17FO2/c1-13(20)11-16-12-18(21-2)10-7-15(16)6-3-14-4-8-17(19)9-5-14/h3-10,12H,11H2,1-2H3/b6-3+. The van der Waals surface area contributed by atoms with Crippen molar-refractivity contribution in [3.8, 4) is 5.75 Å². The van der Waals surface area contributed by atoms with E-state index in [9.17, 15) is 9.18 Å². The monoisotopic (exact) mass is 284 g/mol. The van der Waals surface area contributed by atoms with E-state index in [2.05, 4.69) is 0 Å². The first-order valence-electron chi connectivity index (χ1n) is 6.68. The van der Waals surface area contributed by atoms with Gasteiger partial charge in [-0.3, -0.25) is 4.79 Å². The minimum absolute atomic E-state index is 0.0969. The predicted molar refractivity (Wildman–Crippen MR) is 82.7 cm³/mol. The molecule has 2 rings (SSSR count). The Balaban J connectivity index is 2.29. The van der Waals surface area contributed by atoms with Gasteiger partial charge < -0.3 is 4.74 Å². The van der Waals surface area contributed by atoms with Gasteiger partial charge in [-0.1, -0.05) is 30.4 Å². The second-order valence-electron chi connectivity index (χ2n) is 4.83. The molecule has 0 amide bonds. The van der Waals surface area contributed by atoms with Crippen molar-refractivity contribution in [1.82, 2.24) is 0 Å². The van der Waals surface area contributed by atoms with Crippen LogP contribution < -0.4 is 4.74 Å². The summed E-state index contributed by atoms with van der Waals surface area (Å²) in [5, 5.41) is 0. The first-order chi connectivity index (χ1) is 10.1. The molecule has 3 heteroatoms. The van der Waals surface area contributed by atoms with Crippen LogP contribution in [0.15, 0.2) is 42.5 Å². The molecule has 0 heterocycles. The molecule has 0 aliphatic rings. The Kier molecular flexibility index (Phi) is 4.88. The molecule has 2 aromatic rings. The minimum atomic E-state index is -0.256. The Bertz CT molecular complexity index is 657. The maximum atomic E-state index is 12.9. The lowest BCUT2D eigenvalue weighted by molar-refractivity contribution is -0.116. The van der Waals surface area contributed by atoms with E-state index in [1.807, 2.05) is 30.4 Å². The number of ether oxygens (including phenoxy) is 1. The summed E-state index contributed by atoms with van der Waals surface area (Å²) < 4.78 is 18.1. The van der Waals surface area contributed by atoms with E-state index in [1.54, 1.807) is 26.2 Å². The topological polar surface area (TPSA) is 26.3 Å². The van der Waals surface area contributed by atoms with Gasteiger partial charge >= 0.3 is 0 Å². The zero-order valence-electron chi connectivity index (χ0n) is 12.1. The molecule has 0 aliphatic heterocycles. The highest BCUT2D eigenvalue weighted by Gasteiger charge is 2.05. The third kappa shape index (κ3) is 4.28. The summed E-state index contributed by atoms with van der Waals surface area (Å²) in [6, 6.07) is 11.9. The van der Waals surface area contributed by atoms with Gasteiger partial charge in [-0.15, -0.1) is 0 Å². The average molecular weight is 284 g/mol. The van der Waals surface area contributed by atoms with Crippen molar-refractivity contribution in [3.63, 3.8) is 0 Å². The SMILES string of the molecule is COc1ccc(/C=C/c2ccc(F)cc2)c(CC(C)=O)c1. The van der Waals surface area contributed by atoms with Gasteiger partial charge in [0.1, 0.15) is 17.3 Å². The number of hydrogen-bond acceptors (Lipinski definition) is 2. The fraction of sp³-hybridized carbons (Fsp3) is 0.167. The van der Waals surface area contributed by atoms with E-state index >= 15 is 0 Å². The van der Waals surface area contributed by atoms with Gasteiger partial charge in [0.05, 0.1) is 7.11 Å². The minimum Gasteiger partial charge on any atom is -0.497 e. The number of carbonyl (C=O) groups excluding carboxylic acids is 1. The van der Waals surface area contributed by atoms with Crippen LogP contribution in [0.5, 0.6) is 5.75 Å². The van der Waals surface area contributed by atoms with Gasteiger partial charge in [-0.25, -0.2) is 4.39 Å². The molecular weight excluding hydrogens is 267 g/mol. The van der Waals surface area contributed by atoms with Crippen LogP contribution in [0, 0.1) is 5.82 Å². The summed E-state index contributed by atoms with van der Waals surface area (Å²) in [5.41, 5.74) is 2.77. The average Bonchev–Trinajstić information content (AvgIpc) is 2.47. The molecule has 2 aromatic carbocycles. The summed E-state index contributed by atoms with van der Waals surface area (Å²) in [6.07, 6.45) is 4.18. The quantitative estimate of drug-likeness (QED) is 0.771. The maximum absolute atomic E-state index is 12.9. The number of ketones is 1. The van der Waals surface area contributed by atoms with Gasteiger partial charge in [-0.05, 0) is 47.9 Å². The molecule has 0 N–H and O–H groups in total. The lowest BCUT2D eigenvalue weighted by atomic mass is 10.0. The molecule has 0 saturated carbocycles. The van der Waals surface area contributed by atoms with E-state index in [-0.39, 0.29) is 11.6 Å². The van der Waals surface area contributed by atoms with Crippen molar-refractivity contribution >= 4 is 17.9 Å². The Hall–Kier alpha value is -2.42. The summed E-state index contributed by atoms with van der Waals surface area (Å²) in [5.74, 6) is 0.568. The highest BCUT2D eigenvalue weighted by Crippen LogP contribution is 2.21. The van der Waals surface area contributed by atoms with E-state index < -0.39 is 0 Å². The Labute approximate surface area is 123 Å². The van der Waals surface area contributed by atoms with Crippen LogP contribution in [0.4, 0.5) is 4.39 Å². The van der Waals surface area contributed by atoms with E-state index in [4.69, 9.17) is 4.74 Å². The van der Waals surface area contributed by atoms with Gasteiger partial charge in [0.25, 0.3) is 0 Å². The highest BCUT2D eigenvalue weighted by atomic mass is 19.1. The van der Waals surface area contributed by atoms with Crippen LogP contribution in [-0.2, 0) is 11.2 Å². The van der Waals surface area contributed by atoms with Gasteiger partial charge in [0.2, 0.25) is 0 Å². The third-order valence-corrected chi connectivity index (χ3v) is 3.11. The van der Waals surface area contributed by atoms with Crippen molar-refractivity contribution in [3.05, 3.63) is 65.0 Å². The number of rotatable bonds is 5. The first-order valence-corrected chi connectivity index (χ1v) is 6.68. The number of carbonyl (C=O) groups is 1. The largest absolute Gasteiger partial charge is 0.497 e. The lowest BCUT2D eigenvalue weighted by Crippen LogP contribution is -1.99. The Morgan fingerprint density at radius 2 is 1.86 bits per heavy atom. The lowest BCUT2D eigenvalue weighted by Gasteiger charge is -2.07. The van der Waals surface area contributed by atoms with Crippen LogP contribution >= 0.6 is 0 Å². The highest BCUT2D eigenvalue weighted by molar-refractivity contribution is 5.81. The zero-order chi connectivity index (χ0) is 15.2. The molecule has 0 atom stereocenters. The Morgan fingerprint density at radius 3 is 2.48 bits per heavy atom. The second-order valence-corrected chi connectivity index (χ2v) is 4.83. The number of Topliss-reactive ketones (excluding diaryl/α,β-unsaturated/α-hetero) is 1. The molecule has 0 radical (unpaired) electrons. The third-order valence-electron chi connectivity index (χ3n) is 3.11. The molecule has 0 aromatic heterocycles. The molecule has 0 fully saturated rings. The maximum Gasteiger partial charge on any atom is 0.134 e. The second kappa shape index (κ2) is 6.84. The molecule has 21 heavy (non-hydrogen) atoms. The van der Waals surface area contributed by atoms with E-state index in [0.29, 0.717) is 6.42 Å². The molecule has 108 valence electrons. The fourth-order valence-electron chi connectivity index (χ4n) is 2.05. The van der Waals surface area contributed by atoms with Crippen LogP contribution in [0.2, 0.25) is 0 Å². The van der Waals surface area contributed by atoms with Crippen LogP contribution in [-0.4, -0.2) is 12.9 Å². The first kappa shape index (κ1) is 15.0. The van der Waals surface area contributed by atoms with Crippen molar-refractivity contribution in [2.24, 2.45) is 0 Å². The van der Waals surface area contributed by atoms with Gasteiger partial charge in [0, 0.05) is 6.42 Å². The Morgan fingerprint density at radius 1 is 1.14 bits per heavy atom. The summed E-state index contributed by atoms with van der Waals surface area (Å²) >= 11 is 0. The van der Waals surface area contributed by atoms with Crippen LogP contribution in [0.3, 0.4) is 0 Å². The fourth-order valence-corrected chi connectivity index (χ4v) is 2.05. The number of methoxy groups -OCH3 is 1. The molecule has 0 saturated heterocycles. The molecule has 2 nitrogen and oxygen atoms in total. The number of benzene rings is 2. The molecular formula is C18H17FO2. The summed E-state index contributed by atoms with van der Waals surface area (Å²) in [4.78, 5) is 11.4. The normalized spacial score (nSPS) is 10.8. The van der Waals surface area contributed by atoms with Crippen LogP contribution in [0.1, 0.15) is 23.6 Å². The van der Waals surface area contributed by atoms with E-state index in [1.165, 1.54) is 12.1 Å². The van der Waals surface area contributed by atoms with Gasteiger partial charge in [0.15, 0.2) is 0 Å². The summed E-state index contributed by atoms with van der Waals surface area (Å²) in [7, 11) is 1.60. The van der Waals surface area contributed by atoms with Crippen molar-refractivity contribution < 1.29 is 13.9 Å². The molecule has 0 aliphatic carbocycles. The predicted octanol–water partition coefficient (Wildman–Crippen LogP) is 4.14. The van der Waals surface area contributed by atoms with E-state index in [0.717, 1.165) is 22.4 Å². The number of hydrogen-bond donors (Lipinski definition) is 0. The van der Waals surface area contributed by atoms with Crippen molar-refractivity contribution in [2.45, 2.75) is 13.3 Å². The molecule has 0 bridgehead atoms. The van der Waals surface area contributed by atoms with Gasteiger partial charge in [-0.2, -0.15) is 0 Å². The van der Waals surface area contributed by atoms with Crippen molar-refractivity contribution in [2.75, 3.05) is 7.11 Å².